The summed E-state index contributed by atoms with van der Waals surface area (Å²) in [6, 6.07) is 7.31. The normalized spacial score (nSPS) is 20.2. The average molecular weight is 439 g/mol. The molecule has 2 aromatic rings. The quantitative estimate of drug-likeness (QED) is 0.720. The number of hydrogen-bond donors (Lipinski definition) is 1. The number of carbonyl (C=O) groups is 2. The van der Waals surface area contributed by atoms with E-state index in [-0.39, 0.29) is 40.6 Å². The summed E-state index contributed by atoms with van der Waals surface area (Å²) in [7, 11) is -2.41. The number of morpholine rings is 1. The molecule has 2 atom stereocenters. The third-order valence-corrected chi connectivity index (χ3v) is 7.16. The van der Waals surface area contributed by atoms with Crippen LogP contribution in [0.25, 0.3) is 0 Å². The molecule has 1 N–H and O–H groups in total. The average Bonchev–Trinajstić information content (AvgIpc) is 3.14. The minimum absolute atomic E-state index is 0.112. The molecule has 0 bridgehead atoms. The third-order valence-electron chi connectivity index (χ3n) is 4.42. The second-order valence-electron chi connectivity index (χ2n) is 6.71. The molecule has 1 aliphatic rings. The van der Waals surface area contributed by atoms with Crippen molar-refractivity contribution in [1.82, 2.24) is 4.31 Å². The Kier molecular flexibility index (Phi) is 6.37. The van der Waals surface area contributed by atoms with Crippen LogP contribution in [0.5, 0.6) is 0 Å². The van der Waals surface area contributed by atoms with Gasteiger partial charge >= 0.3 is 5.97 Å². The van der Waals surface area contributed by atoms with Gasteiger partial charge in [0.25, 0.3) is 5.91 Å². The van der Waals surface area contributed by atoms with E-state index < -0.39 is 21.9 Å². The Labute approximate surface area is 173 Å². The van der Waals surface area contributed by atoms with Crippen LogP contribution in [0, 0.1) is 0 Å². The van der Waals surface area contributed by atoms with Gasteiger partial charge in [-0.1, -0.05) is 0 Å². The van der Waals surface area contributed by atoms with Crippen molar-refractivity contribution in [1.29, 1.82) is 0 Å². The third kappa shape index (κ3) is 4.67. The van der Waals surface area contributed by atoms with Gasteiger partial charge in [-0.15, -0.1) is 11.3 Å². The Morgan fingerprint density at radius 3 is 2.34 bits per heavy atom. The summed E-state index contributed by atoms with van der Waals surface area (Å²) < 4.78 is 37.5. The van der Waals surface area contributed by atoms with Gasteiger partial charge in [-0.05, 0) is 49.6 Å². The largest absolute Gasteiger partial charge is 0.465 e. The first-order valence-electron chi connectivity index (χ1n) is 8.95. The molecule has 0 spiro atoms. The van der Waals surface area contributed by atoms with E-state index in [0.717, 1.165) is 11.3 Å². The number of rotatable bonds is 5. The summed E-state index contributed by atoms with van der Waals surface area (Å²) in [6.45, 7) is 4.23. The highest BCUT2D eigenvalue weighted by atomic mass is 32.2. The van der Waals surface area contributed by atoms with E-state index in [1.807, 2.05) is 13.8 Å². The lowest BCUT2D eigenvalue weighted by atomic mass is 10.2. The molecule has 0 aliphatic carbocycles. The van der Waals surface area contributed by atoms with Crippen LogP contribution in [0.4, 0.5) is 5.69 Å². The molecule has 3 rings (SSSR count). The number of nitrogens with one attached hydrogen (secondary N) is 1. The van der Waals surface area contributed by atoms with Crippen molar-refractivity contribution in [2.24, 2.45) is 0 Å². The summed E-state index contributed by atoms with van der Waals surface area (Å²) in [4.78, 5) is 24.6. The maximum absolute atomic E-state index is 12.9. The number of esters is 1. The van der Waals surface area contributed by atoms with Crippen molar-refractivity contribution in [3.8, 4) is 0 Å². The minimum Gasteiger partial charge on any atom is -0.465 e. The summed E-state index contributed by atoms with van der Waals surface area (Å²) in [5.41, 5.74) is 0.620. The van der Waals surface area contributed by atoms with Gasteiger partial charge in [-0.25, -0.2) is 13.2 Å². The van der Waals surface area contributed by atoms with E-state index >= 15 is 0 Å². The Morgan fingerprint density at radius 2 is 1.76 bits per heavy atom. The molecular formula is C19H22N2O6S2. The number of nitrogens with zero attached hydrogens (tertiary/aromatic N) is 1. The molecule has 156 valence electrons. The van der Waals surface area contributed by atoms with Crippen LogP contribution in [0.1, 0.15) is 33.9 Å². The van der Waals surface area contributed by atoms with Crippen LogP contribution in [0.3, 0.4) is 0 Å². The zero-order valence-corrected chi connectivity index (χ0v) is 17.9. The Morgan fingerprint density at radius 1 is 1.14 bits per heavy atom. The van der Waals surface area contributed by atoms with Crippen molar-refractivity contribution in [2.75, 3.05) is 25.5 Å². The van der Waals surface area contributed by atoms with Gasteiger partial charge < -0.3 is 14.8 Å². The van der Waals surface area contributed by atoms with E-state index in [0.29, 0.717) is 5.69 Å². The van der Waals surface area contributed by atoms with Crippen molar-refractivity contribution >= 4 is 38.9 Å². The smallest absolute Gasteiger partial charge is 0.350 e. The maximum Gasteiger partial charge on any atom is 0.350 e. The van der Waals surface area contributed by atoms with Gasteiger partial charge in [-0.2, -0.15) is 4.31 Å². The lowest BCUT2D eigenvalue weighted by molar-refractivity contribution is -0.0440. The van der Waals surface area contributed by atoms with Gasteiger partial charge in [0.2, 0.25) is 10.0 Å². The number of anilines is 1. The first-order valence-corrected chi connectivity index (χ1v) is 11.3. The molecule has 2 heterocycles. The topological polar surface area (TPSA) is 102 Å². The van der Waals surface area contributed by atoms with Crippen LogP contribution in [0.2, 0.25) is 0 Å². The molecule has 8 nitrogen and oxygen atoms in total. The zero-order chi connectivity index (χ0) is 21.2. The molecule has 1 aromatic carbocycles. The van der Waals surface area contributed by atoms with Crippen LogP contribution in [-0.2, 0) is 19.5 Å². The number of thiophene rings is 1. The molecule has 0 saturated carbocycles. The molecule has 0 radical (unpaired) electrons. The van der Waals surface area contributed by atoms with Crippen LogP contribution >= 0.6 is 11.3 Å². The lowest BCUT2D eigenvalue weighted by Gasteiger charge is -2.34. The Bertz CT molecular complexity index is 990. The van der Waals surface area contributed by atoms with Crippen LogP contribution < -0.4 is 5.32 Å². The van der Waals surface area contributed by atoms with E-state index in [4.69, 9.17) is 4.74 Å². The first kappa shape index (κ1) is 21.4. The van der Waals surface area contributed by atoms with Gasteiger partial charge in [0.05, 0.1) is 29.9 Å². The molecule has 1 aliphatic heterocycles. The Balaban J connectivity index is 1.75. The predicted molar refractivity (Wildman–Crippen MR) is 109 cm³/mol. The fourth-order valence-electron chi connectivity index (χ4n) is 3.11. The number of benzene rings is 1. The van der Waals surface area contributed by atoms with Gasteiger partial charge in [-0.3, -0.25) is 4.79 Å². The molecule has 1 amide bonds. The van der Waals surface area contributed by atoms with E-state index in [9.17, 15) is 18.0 Å². The molecule has 10 heteroatoms. The highest BCUT2D eigenvalue weighted by Gasteiger charge is 2.32. The summed E-state index contributed by atoms with van der Waals surface area (Å²) in [6.07, 6.45) is -0.374. The van der Waals surface area contributed by atoms with Gasteiger partial charge in [0.1, 0.15) is 4.88 Å². The molecule has 1 aromatic heterocycles. The maximum atomic E-state index is 12.9. The summed E-state index contributed by atoms with van der Waals surface area (Å²) >= 11 is 1.16. The molecular weight excluding hydrogens is 416 g/mol. The fourth-order valence-corrected chi connectivity index (χ4v) is 5.46. The second kappa shape index (κ2) is 8.62. The molecule has 1 saturated heterocycles. The second-order valence-corrected chi connectivity index (χ2v) is 9.57. The van der Waals surface area contributed by atoms with Crippen molar-refractivity contribution in [3.63, 3.8) is 0 Å². The highest BCUT2D eigenvalue weighted by Crippen LogP contribution is 2.25. The summed E-state index contributed by atoms with van der Waals surface area (Å²) in [5, 5.41) is 4.32. The predicted octanol–water partition coefficient (Wildman–Crippen LogP) is 2.58. The lowest BCUT2D eigenvalue weighted by Crippen LogP contribution is -2.48. The highest BCUT2D eigenvalue weighted by molar-refractivity contribution is 7.89. The van der Waals surface area contributed by atoms with E-state index in [1.165, 1.54) is 35.7 Å². The molecule has 1 fully saturated rings. The number of sulfonamides is 1. The minimum atomic E-state index is -3.68. The number of ether oxygens (including phenoxy) is 2. The number of methoxy groups -OCH3 is 1. The van der Waals surface area contributed by atoms with Gasteiger partial charge in [0, 0.05) is 18.7 Å². The van der Waals surface area contributed by atoms with Crippen molar-refractivity contribution < 1.29 is 27.5 Å². The van der Waals surface area contributed by atoms with Crippen LogP contribution in [-0.4, -0.2) is 57.0 Å². The fraction of sp³-hybridized carbons (Fsp3) is 0.368. The SMILES string of the molecule is COC(=O)c1sccc1NC(=O)c1ccc(S(=O)(=O)N2CC(C)OC(C)C2)cc1. The molecule has 2 unspecified atom stereocenters. The van der Waals surface area contributed by atoms with Crippen molar-refractivity contribution in [3.05, 3.63) is 46.2 Å². The van der Waals surface area contributed by atoms with Crippen molar-refractivity contribution in [2.45, 2.75) is 31.0 Å². The van der Waals surface area contributed by atoms with Crippen LogP contribution in [0.15, 0.2) is 40.6 Å². The first-order chi connectivity index (χ1) is 13.7. The molecule has 29 heavy (non-hydrogen) atoms. The van der Waals surface area contributed by atoms with E-state index in [2.05, 4.69) is 10.1 Å². The standard InChI is InChI=1S/C19H22N2O6S2/c1-12-10-21(11-13(2)27-12)29(24,25)15-6-4-14(5-7-15)18(22)20-16-8-9-28-17(16)19(23)26-3/h4-9,12-13H,10-11H2,1-3H3,(H,20,22). The zero-order valence-electron chi connectivity index (χ0n) is 16.2. The van der Waals surface area contributed by atoms with Gasteiger partial charge in [0.15, 0.2) is 0 Å². The van der Waals surface area contributed by atoms with E-state index in [1.54, 1.807) is 11.4 Å². The monoisotopic (exact) mass is 438 g/mol. The number of carbonyl (C=O) groups excluding carboxylic acids is 2. The number of amides is 1. The number of hydrogen-bond acceptors (Lipinski definition) is 7. The Hall–Kier alpha value is -2.27. The summed E-state index contributed by atoms with van der Waals surface area (Å²) in [5.74, 6) is -0.989.